The second-order valence-corrected chi connectivity index (χ2v) is 5.32. The molecule has 1 aliphatic carbocycles. The highest BCUT2D eigenvalue weighted by molar-refractivity contribution is 6.02. The lowest BCUT2D eigenvalue weighted by Gasteiger charge is -2.28. The van der Waals surface area contributed by atoms with Crippen molar-refractivity contribution in [1.29, 1.82) is 0 Å². The van der Waals surface area contributed by atoms with Crippen molar-refractivity contribution in [1.82, 2.24) is 0 Å². The normalized spacial score (nSPS) is 23.4. The summed E-state index contributed by atoms with van der Waals surface area (Å²) in [6, 6.07) is 0.381. The summed E-state index contributed by atoms with van der Waals surface area (Å²) < 4.78 is 69.0. The molecule has 0 spiro atoms. The van der Waals surface area contributed by atoms with E-state index in [0.29, 0.717) is 18.9 Å². The van der Waals surface area contributed by atoms with Gasteiger partial charge in [0.25, 0.3) is 0 Å². The Morgan fingerprint density at radius 2 is 1.96 bits per heavy atom. The van der Waals surface area contributed by atoms with Crippen molar-refractivity contribution >= 4 is 17.9 Å². The second-order valence-electron chi connectivity index (χ2n) is 5.32. The van der Waals surface area contributed by atoms with Gasteiger partial charge in [0.2, 0.25) is 0 Å². The highest BCUT2D eigenvalue weighted by Gasteiger charge is 2.58. The van der Waals surface area contributed by atoms with E-state index in [1.165, 1.54) is 0 Å². The van der Waals surface area contributed by atoms with Crippen molar-refractivity contribution in [2.45, 2.75) is 24.4 Å². The average Bonchev–Trinajstić information content (AvgIpc) is 3.27. The molecule has 120 valence electrons. The molecule has 1 aliphatic heterocycles. The summed E-state index contributed by atoms with van der Waals surface area (Å²) in [4.78, 5) is 14.6. The molecule has 1 aromatic rings. The van der Waals surface area contributed by atoms with Crippen LogP contribution in [0.1, 0.15) is 18.4 Å². The highest BCUT2D eigenvalue weighted by atomic mass is 19.4. The van der Waals surface area contributed by atoms with E-state index in [2.05, 4.69) is 10.9 Å². The fraction of sp³-hybridized carbons (Fsp3) is 0.333. The summed E-state index contributed by atoms with van der Waals surface area (Å²) in [5, 5.41) is 2.01. The lowest BCUT2D eigenvalue weighted by atomic mass is 9.79. The molecule has 3 nitrogen and oxygen atoms in total. The third-order valence-electron chi connectivity index (χ3n) is 3.60. The topological polar surface area (TPSA) is 41.5 Å². The largest absolute Gasteiger partial charge is 0.414 e. The molecule has 1 heterocycles. The highest BCUT2D eigenvalue weighted by Crippen LogP contribution is 2.45. The molecule has 1 fully saturated rings. The molecule has 2 aliphatic rings. The van der Waals surface area contributed by atoms with E-state index in [0.717, 1.165) is 6.07 Å². The van der Waals surface area contributed by atoms with Crippen molar-refractivity contribution in [2.75, 3.05) is 5.32 Å². The number of nitrogens with one attached hydrogen (secondary N) is 1. The Kier molecular flexibility index (Phi) is 3.39. The van der Waals surface area contributed by atoms with E-state index in [1.807, 2.05) is 11.2 Å². The average molecular weight is 328 g/mol. The number of alkyl halides is 3. The molecule has 1 N–H and O–H groups in total. The molecule has 1 saturated carbocycles. The number of urea groups is 1. The summed E-state index contributed by atoms with van der Waals surface area (Å²) >= 11 is 0. The van der Waals surface area contributed by atoms with Crippen molar-refractivity contribution in [3.05, 3.63) is 29.3 Å². The van der Waals surface area contributed by atoms with Crippen LogP contribution >= 0.6 is 0 Å². The Morgan fingerprint density at radius 1 is 1.26 bits per heavy atom. The minimum Gasteiger partial charge on any atom is -0.306 e. The summed E-state index contributed by atoms with van der Waals surface area (Å²) in [5.41, 5.74) is -4.77. The number of fused-ring (bicyclic) bond motifs is 1. The van der Waals surface area contributed by atoms with Gasteiger partial charge in [-0.2, -0.15) is 13.2 Å². The summed E-state index contributed by atoms with van der Waals surface area (Å²) in [6.45, 7) is 0. The zero-order valence-electron chi connectivity index (χ0n) is 11.5. The van der Waals surface area contributed by atoms with Gasteiger partial charge >= 0.3 is 12.2 Å². The van der Waals surface area contributed by atoms with Gasteiger partial charge in [-0.05, 0) is 25.0 Å². The van der Waals surface area contributed by atoms with E-state index in [-0.39, 0.29) is 12.1 Å². The maximum absolute atomic E-state index is 14.2. The predicted molar refractivity (Wildman–Crippen MR) is 72.1 cm³/mol. The molecule has 23 heavy (non-hydrogen) atoms. The number of carbonyl (C=O) groups is 1. The van der Waals surface area contributed by atoms with Gasteiger partial charge in [-0.1, -0.05) is 11.8 Å². The van der Waals surface area contributed by atoms with Crippen molar-refractivity contribution in [2.24, 2.45) is 10.9 Å². The number of nitrogens with zero attached hydrogens (tertiary/aromatic N) is 1. The van der Waals surface area contributed by atoms with Crippen molar-refractivity contribution in [3.63, 3.8) is 0 Å². The maximum atomic E-state index is 14.2. The molecule has 1 atom stereocenters. The standard InChI is InChI=1S/C15H9F5N2O/c16-9-3-4-10-11(12(9)17)14(15(18,19)20,6-5-8-1-2-8)7-21-13(23)22-10/h3-4,7-8H,1-2H2,(H,22,23)/t14-/m0/s1. The molecule has 3 rings (SSSR count). The third-order valence-corrected chi connectivity index (χ3v) is 3.60. The minimum absolute atomic E-state index is 0.213. The summed E-state index contributed by atoms with van der Waals surface area (Å²) in [6.07, 6.45) is -3.55. The first-order chi connectivity index (χ1) is 10.7. The van der Waals surface area contributed by atoms with Gasteiger partial charge < -0.3 is 5.32 Å². The fourth-order valence-electron chi connectivity index (χ4n) is 2.23. The third kappa shape index (κ3) is 2.56. The van der Waals surface area contributed by atoms with Gasteiger partial charge in [0.1, 0.15) is 0 Å². The number of hydrogen-bond donors (Lipinski definition) is 1. The van der Waals surface area contributed by atoms with Gasteiger partial charge in [0.15, 0.2) is 17.0 Å². The molecule has 0 bridgehead atoms. The van der Waals surface area contributed by atoms with E-state index in [9.17, 15) is 26.7 Å². The Hall–Kier alpha value is -2.43. The molecule has 8 heteroatoms. The van der Waals surface area contributed by atoms with Crippen LogP contribution in [0.3, 0.4) is 0 Å². The van der Waals surface area contributed by atoms with Gasteiger partial charge in [-0.3, -0.25) is 0 Å². The lowest BCUT2D eigenvalue weighted by molar-refractivity contribution is -0.153. The number of hydrogen-bond acceptors (Lipinski definition) is 1. The van der Waals surface area contributed by atoms with Crippen LogP contribution in [0.5, 0.6) is 0 Å². The maximum Gasteiger partial charge on any atom is 0.414 e. The SMILES string of the molecule is O=C1N=C[C@](C#CC2CC2)(C(F)(F)F)c2c(ccc(F)c2F)N1. The zero-order chi connectivity index (χ0) is 16.8. The summed E-state index contributed by atoms with van der Waals surface area (Å²) in [5.74, 6) is 1.03. The van der Waals surface area contributed by atoms with Gasteiger partial charge in [0, 0.05) is 17.7 Å². The number of anilines is 1. The number of carbonyl (C=O) groups excluding carboxylic acids is 1. The first-order valence-electron chi connectivity index (χ1n) is 6.69. The van der Waals surface area contributed by atoms with E-state index in [4.69, 9.17) is 0 Å². The van der Waals surface area contributed by atoms with E-state index >= 15 is 0 Å². The smallest absolute Gasteiger partial charge is 0.306 e. The molecule has 1 aromatic carbocycles. The first-order valence-corrected chi connectivity index (χ1v) is 6.69. The van der Waals surface area contributed by atoms with Crippen LogP contribution in [-0.4, -0.2) is 18.4 Å². The minimum atomic E-state index is -5.09. The number of halogens is 5. The zero-order valence-corrected chi connectivity index (χ0v) is 11.5. The fourth-order valence-corrected chi connectivity index (χ4v) is 2.23. The van der Waals surface area contributed by atoms with E-state index in [1.54, 1.807) is 0 Å². The Bertz CT molecular complexity index is 771. The van der Waals surface area contributed by atoms with Crippen LogP contribution in [0.25, 0.3) is 0 Å². The number of amides is 2. The van der Waals surface area contributed by atoms with Crippen LogP contribution < -0.4 is 5.32 Å². The Labute approximate surface area is 127 Å². The van der Waals surface area contributed by atoms with Crippen molar-refractivity contribution in [3.8, 4) is 11.8 Å². The first kappa shape index (κ1) is 15.5. The lowest BCUT2D eigenvalue weighted by Crippen LogP contribution is -2.43. The molecule has 0 saturated heterocycles. The molecular formula is C15H9F5N2O. The quantitative estimate of drug-likeness (QED) is 0.571. The van der Waals surface area contributed by atoms with E-state index < -0.39 is 40.5 Å². The molecule has 2 amide bonds. The van der Waals surface area contributed by atoms with Gasteiger partial charge in [-0.15, -0.1) is 0 Å². The number of aliphatic imine (C=N–C) groups is 1. The molecule has 0 unspecified atom stereocenters. The second kappa shape index (κ2) is 5.05. The predicted octanol–water partition coefficient (Wildman–Crippen LogP) is 3.79. The molecular weight excluding hydrogens is 319 g/mol. The van der Waals surface area contributed by atoms with Crippen LogP contribution in [0, 0.1) is 29.4 Å². The van der Waals surface area contributed by atoms with Crippen molar-refractivity contribution < 1.29 is 26.7 Å². The van der Waals surface area contributed by atoms with Crippen LogP contribution in [-0.2, 0) is 5.41 Å². The van der Waals surface area contributed by atoms with Crippen LogP contribution in [0.2, 0.25) is 0 Å². The van der Waals surface area contributed by atoms with Crippen LogP contribution in [0.15, 0.2) is 17.1 Å². The molecule has 0 aromatic heterocycles. The van der Waals surface area contributed by atoms with Gasteiger partial charge in [-0.25, -0.2) is 18.6 Å². The van der Waals surface area contributed by atoms with Crippen LogP contribution in [0.4, 0.5) is 32.4 Å². The number of benzene rings is 1. The Balaban J connectivity index is 2.34. The molecule has 0 radical (unpaired) electrons. The summed E-state index contributed by atoms with van der Waals surface area (Å²) in [7, 11) is 0. The number of rotatable bonds is 0. The Morgan fingerprint density at radius 3 is 2.57 bits per heavy atom. The monoisotopic (exact) mass is 328 g/mol. The van der Waals surface area contributed by atoms with Gasteiger partial charge in [0.05, 0.1) is 5.69 Å².